The van der Waals surface area contributed by atoms with Gasteiger partial charge in [-0.2, -0.15) is 12.7 Å². The fourth-order valence-electron chi connectivity index (χ4n) is 7.17. The van der Waals surface area contributed by atoms with Gasteiger partial charge < -0.3 is 19.3 Å². The van der Waals surface area contributed by atoms with Gasteiger partial charge in [0.05, 0.1) is 18.3 Å². The van der Waals surface area contributed by atoms with E-state index in [1.807, 2.05) is 18.2 Å². The number of fused-ring (bicyclic) bond motifs is 4. The first-order valence-corrected chi connectivity index (χ1v) is 17.5. The molecule has 1 unspecified atom stereocenters. The maximum atomic E-state index is 13.6. The smallest absolute Gasteiger partial charge is 0.304 e. The summed E-state index contributed by atoms with van der Waals surface area (Å²) in [5.41, 5.74) is 4.75. The van der Waals surface area contributed by atoms with E-state index in [1.165, 1.54) is 24.8 Å². The van der Waals surface area contributed by atoms with E-state index in [2.05, 4.69) is 51.3 Å². The fraction of sp³-hybridized carbons (Fsp3) is 0.545. The predicted molar refractivity (Wildman–Crippen MR) is 172 cm³/mol. The van der Waals surface area contributed by atoms with Crippen molar-refractivity contribution in [2.24, 2.45) is 0 Å². The van der Waals surface area contributed by atoms with Crippen LogP contribution in [0.4, 0.5) is 0 Å². The van der Waals surface area contributed by atoms with E-state index < -0.39 is 16.1 Å². The second-order valence-corrected chi connectivity index (χ2v) is 14.0. The van der Waals surface area contributed by atoms with Crippen molar-refractivity contribution < 1.29 is 23.1 Å². The molecule has 1 atom stereocenters. The molecule has 0 radical (unpaired) electrons. The number of nitrogens with one attached hydrogen (secondary N) is 1. The summed E-state index contributed by atoms with van der Waals surface area (Å²) in [6, 6.07) is 14.0. The number of carbonyl (C=O) groups excluding carboxylic acids is 1. The number of nitrogens with zero attached hydrogens (tertiary/aromatic N) is 4. The minimum Gasteiger partial charge on any atom is -0.491 e. The van der Waals surface area contributed by atoms with Crippen LogP contribution in [0.3, 0.4) is 0 Å². The number of hydrogen-bond donors (Lipinski definition) is 2. The molecule has 3 heterocycles. The molecule has 2 aromatic carbocycles. The van der Waals surface area contributed by atoms with Gasteiger partial charge in [-0.05, 0) is 62.2 Å². The molecule has 1 saturated carbocycles. The zero-order valence-electron chi connectivity index (χ0n) is 25.9. The minimum absolute atomic E-state index is 0.0762. The Morgan fingerprint density at radius 2 is 1.80 bits per heavy atom. The second-order valence-electron chi connectivity index (χ2n) is 12.4. The zero-order chi connectivity index (χ0) is 30.8. The van der Waals surface area contributed by atoms with Crippen molar-refractivity contribution in [3.8, 4) is 17.0 Å². The summed E-state index contributed by atoms with van der Waals surface area (Å²) in [6.45, 7) is 5.77. The molecule has 6 rings (SSSR count). The highest BCUT2D eigenvalue weighted by atomic mass is 32.2. The summed E-state index contributed by atoms with van der Waals surface area (Å²) < 4.78 is 39.2. The third-order valence-corrected chi connectivity index (χ3v) is 11.3. The van der Waals surface area contributed by atoms with E-state index in [-0.39, 0.29) is 25.7 Å². The lowest BCUT2D eigenvalue weighted by Gasteiger charge is -2.34. The highest BCUT2D eigenvalue weighted by Gasteiger charge is 2.32. The first-order valence-electron chi connectivity index (χ1n) is 16.0. The van der Waals surface area contributed by atoms with Gasteiger partial charge in [0.2, 0.25) is 0 Å². The summed E-state index contributed by atoms with van der Waals surface area (Å²) >= 11 is 0. The molecule has 2 aliphatic heterocycles. The number of likely N-dealkylation sites (N-methyl/N-ethyl adjacent to an activating group) is 2. The molecule has 4 bridgehead atoms. The lowest BCUT2D eigenvalue weighted by Crippen LogP contribution is -2.49. The number of aliphatic hydroxyl groups excluding tert-OH is 1. The molecule has 1 amide bonds. The van der Waals surface area contributed by atoms with Crippen LogP contribution in [-0.4, -0.2) is 104 Å². The molecule has 0 spiro atoms. The monoisotopic (exact) mass is 623 g/mol. The van der Waals surface area contributed by atoms with Crippen LogP contribution in [0.2, 0.25) is 0 Å². The van der Waals surface area contributed by atoms with Crippen LogP contribution < -0.4 is 9.46 Å². The highest BCUT2D eigenvalue weighted by molar-refractivity contribution is 7.87. The van der Waals surface area contributed by atoms with Crippen LogP contribution in [-0.2, 0) is 16.8 Å². The van der Waals surface area contributed by atoms with Gasteiger partial charge in [0.25, 0.3) is 5.91 Å². The maximum absolute atomic E-state index is 13.6. The molecule has 10 nitrogen and oxygen atoms in total. The number of aliphatic hydroxyl groups is 1. The Labute approximate surface area is 260 Å². The molecule has 238 valence electrons. The van der Waals surface area contributed by atoms with E-state index in [1.54, 1.807) is 6.07 Å². The quantitative estimate of drug-likeness (QED) is 0.457. The minimum atomic E-state index is -4.17. The number of rotatable bonds is 4. The van der Waals surface area contributed by atoms with Crippen molar-refractivity contribution >= 4 is 27.0 Å². The Hall–Kier alpha value is -2.96. The van der Waals surface area contributed by atoms with Crippen molar-refractivity contribution in [2.45, 2.75) is 57.5 Å². The summed E-state index contributed by atoms with van der Waals surface area (Å²) in [5, 5.41) is 10.8. The Kier molecular flexibility index (Phi) is 9.30. The first-order chi connectivity index (χ1) is 21.3. The van der Waals surface area contributed by atoms with Crippen molar-refractivity contribution in [3.05, 3.63) is 53.6 Å². The van der Waals surface area contributed by atoms with Crippen LogP contribution in [0.15, 0.2) is 42.5 Å². The maximum Gasteiger partial charge on any atom is 0.304 e. The van der Waals surface area contributed by atoms with Gasteiger partial charge in [0, 0.05) is 61.3 Å². The standard InChI is InChI=1S/C33H45N5O5S/c1-3-36-16-15-35(2)26-22-38-29-21-25(33(40)34-44(41,42)37(18-17-36)19-20-39)13-14-27(29)31(24-9-5-4-6-10-24)32(38)28-11-7-8-12-30(28)43-23-26/h7-8,11-14,21,24,26,39H,3-6,9-10,15-20,22-23H2,1-2H3,(H,34,40). The van der Waals surface area contributed by atoms with Crippen molar-refractivity contribution in [1.82, 2.24) is 23.4 Å². The normalized spacial score (nSPS) is 22.8. The number of aromatic nitrogens is 1. The molecule has 1 fully saturated rings. The fourth-order valence-corrected chi connectivity index (χ4v) is 8.30. The van der Waals surface area contributed by atoms with Gasteiger partial charge in [-0.25, -0.2) is 4.72 Å². The molecule has 0 saturated heterocycles. The third-order valence-electron chi connectivity index (χ3n) is 9.76. The van der Waals surface area contributed by atoms with Gasteiger partial charge in [-0.3, -0.25) is 9.69 Å². The van der Waals surface area contributed by atoms with E-state index in [0.29, 0.717) is 31.2 Å². The van der Waals surface area contributed by atoms with E-state index >= 15 is 0 Å². The topological polar surface area (TPSA) is 107 Å². The van der Waals surface area contributed by atoms with Crippen LogP contribution in [0, 0.1) is 0 Å². The Morgan fingerprint density at radius 3 is 2.57 bits per heavy atom. The molecule has 11 heteroatoms. The molecule has 2 N–H and O–H groups in total. The van der Waals surface area contributed by atoms with Crippen molar-refractivity contribution in [2.75, 3.05) is 59.5 Å². The molecule has 1 aliphatic carbocycles. The first kappa shape index (κ1) is 31.0. The molecule has 1 aromatic heterocycles. The Morgan fingerprint density at radius 1 is 1.02 bits per heavy atom. The van der Waals surface area contributed by atoms with Gasteiger partial charge >= 0.3 is 10.2 Å². The number of β-amino-alcohol motifs (C(OH)–C–C–N with tert-alkyl or cyclic N) is 1. The lowest BCUT2D eigenvalue weighted by atomic mass is 9.81. The van der Waals surface area contributed by atoms with Gasteiger partial charge in [0.15, 0.2) is 0 Å². The predicted octanol–water partition coefficient (Wildman–Crippen LogP) is 3.65. The largest absolute Gasteiger partial charge is 0.491 e. The molecule has 44 heavy (non-hydrogen) atoms. The third kappa shape index (κ3) is 6.12. The summed E-state index contributed by atoms with van der Waals surface area (Å²) in [4.78, 5) is 18.1. The van der Waals surface area contributed by atoms with Crippen LogP contribution >= 0.6 is 0 Å². The highest BCUT2D eigenvalue weighted by Crippen LogP contribution is 2.47. The lowest BCUT2D eigenvalue weighted by molar-refractivity contribution is 0.0977. The number of ether oxygens (including phenoxy) is 1. The van der Waals surface area contributed by atoms with Crippen LogP contribution in [0.5, 0.6) is 5.75 Å². The number of amides is 1. The number of carbonyl (C=O) groups is 1. The van der Waals surface area contributed by atoms with E-state index in [0.717, 1.165) is 64.7 Å². The van der Waals surface area contributed by atoms with Crippen LogP contribution in [0.25, 0.3) is 22.2 Å². The van der Waals surface area contributed by atoms with Crippen molar-refractivity contribution in [3.63, 3.8) is 0 Å². The molecule has 3 aromatic rings. The molecular formula is C33H45N5O5S. The molecular weight excluding hydrogens is 578 g/mol. The zero-order valence-corrected chi connectivity index (χ0v) is 26.7. The average molecular weight is 624 g/mol. The summed E-state index contributed by atoms with van der Waals surface area (Å²) in [7, 11) is -2.04. The van der Waals surface area contributed by atoms with Gasteiger partial charge in [-0.1, -0.05) is 44.4 Å². The van der Waals surface area contributed by atoms with Crippen LogP contribution in [0.1, 0.15) is 60.9 Å². The number of para-hydroxylation sites is 1. The molecule has 3 aliphatic rings. The van der Waals surface area contributed by atoms with Crippen molar-refractivity contribution in [1.29, 1.82) is 0 Å². The Balaban J connectivity index is 1.55. The number of hydrogen-bond acceptors (Lipinski definition) is 7. The Bertz CT molecular complexity index is 1600. The van der Waals surface area contributed by atoms with Gasteiger partial charge in [0.1, 0.15) is 12.4 Å². The van der Waals surface area contributed by atoms with E-state index in [4.69, 9.17) is 4.74 Å². The van der Waals surface area contributed by atoms with E-state index in [9.17, 15) is 18.3 Å². The number of benzene rings is 2. The van der Waals surface area contributed by atoms with Gasteiger partial charge in [-0.15, -0.1) is 0 Å². The average Bonchev–Trinajstić information content (AvgIpc) is 3.33. The second kappa shape index (κ2) is 13.2. The summed E-state index contributed by atoms with van der Waals surface area (Å²) in [5.74, 6) is 0.585. The summed E-state index contributed by atoms with van der Waals surface area (Å²) in [6.07, 6.45) is 5.87. The SMILES string of the molecule is CCN1CCN(C)C2COc3ccccc3-c3c(C4CCCCC4)c4ccc(cc4n3C2)C(=O)NS(=O)(=O)N(CCO)CC1.